The number of benzene rings is 1. The van der Waals surface area contributed by atoms with E-state index in [0.717, 1.165) is 24.8 Å². The Morgan fingerprint density at radius 2 is 2.09 bits per heavy atom. The smallest absolute Gasteiger partial charge is 0.282 e. The molecule has 1 heterocycles. The van der Waals surface area contributed by atoms with Gasteiger partial charge in [-0.15, -0.1) is 12.4 Å². The van der Waals surface area contributed by atoms with E-state index in [2.05, 4.69) is 0 Å². The van der Waals surface area contributed by atoms with Crippen LogP contribution in [0.5, 0.6) is 0 Å². The van der Waals surface area contributed by atoms with Gasteiger partial charge in [0.15, 0.2) is 0 Å². The molecule has 2 aliphatic rings. The topological polar surface area (TPSA) is 89.5 Å². The second-order valence-corrected chi connectivity index (χ2v) is 6.51. The number of fused-ring (bicyclic) bond motifs is 1. The molecule has 3 rings (SSSR count). The fourth-order valence-electron chi connectivity index (χ4n) is 3.83. The molecule has 7 heteroatoms. The van der Waals surface area contributed by atoms with Crippen LogP contribution in [0.1, 0.15) is 35.2 Å². The predicted molar refractivity (Wildman–Crippen MR) is 89.8 cm³/mol. The van der Waals surface area contributed by atoms with Crippen LogP contribution in [-0.4, -0.2) is 34.9 Å². The van der Waals surface area contributed by atoms with Crippen LogP contribution in [0.3, 0.4) is 0 Å². The molecule has 1 saturated carbocycles. The lowest BCUT2D eigenvalue weighted by Gasteiger charge is -2.29. The van der Waals surface area contributed by atoms with Crippen LogP contribution in [0.2, 0.25) is 0 Å². The van der Waals surface area contributed by atoms with Crippen LogP contribution < -0.4 is 5.73 Å². The first-order valence-electron chi connectivity index (χ1n) is 7.77. The highest BCUT2D eigenvalue weighted by Gasteiger charge is 2.41. The lowest BCUT2D eigenvalue weighted by molar-refractivity contribution is -0.385. The van der Waals surface area contributed by atoms with Crippen molar-refractivity contribution in [2.45, 2.75) is 32.2 Å². The molecule has 6 nitrogen and oxygen atoms in total. The third kappa shape index (κ3) is 3.33. The van der Waals surface area contributed by atoms with Crippen molar-refractivity contribution < 1.29 is 9.72 Å². The maximum Gasteiger partial charge on any atom is 0.282 e. The zero-order chi connectivity index (χ0) is 15.9. The molecule has 0 aromatic heterocycles. The molecule has 1 aliphatic carbocycles. The number of rotatable bonds is 2. The molecule has 0 spiro atoms. The van der Waals surface area contributed by atoms with Crippen LogP contribution >= 0.6 is 12.4 Å². The molecular weight excluding hydrogens is 318 g/mol. The molecule has 2 fully saturated rings. The summed E-state index contributed by atoms with van der Waals surface area (Å²) < 4.78 is 0. The molecule has 0 radical (unpaired) electrons. The third-order valence-corrected chi connectivity index (χ3v) is 5.02. The van der Waals surface area contributed by atoms with E-state index in [-0.39, 0.29) is 35.6 Å². The summed E-state index contributed by atoms with van der Waals surface area (Å²) in [6.07, 6.45) is 3.21. The van der Waals surface area contributed by atoms with Crippen molar-refractivity contribution in [1.29, 1.82) is 0 Å². The first-order valence-corrected chi connectivity index (χ1v) is 7.77. The fourth-order valence-corrected chi connectivity index (χ4v) is 3.83. The Kier molecular flexibility index (Phi) is 5.26. The molecule has 1 aromatic carbocycles. The van der Waals surface area contributed by atoms with Crippen molar-refractivity contribution in [2.75, 3.05) is 13.1 Å². The van der Waals surface area contributed by atoms with Crippen LogP contribution in [-0.2, 0) is 0 Å². The van der Waals surface area contributed by atoms with Gasteiger partial charge in [-0.3, -0.25) is 14.9 Å². The van der Waals surface area contributed by atoms with E-state index in [1.807, 2.05) is 6.92 Å². The largest absolute Gasteiger partial charge is 0.338 e. The van der Waals surface area contributed by atoms with Gasteiger partial charge in [0, 0.05) is 25.2 Å². The van der Waals surface area contributed by atoms with Gasteiger partial charge in [0.2, 0.25) is 0 Å². The summed E-state index contributed by atoms with van der Waals surface area (Å²) >= 11 is 0. The second kappa shape index (κ2) is 6.84. The van der Waals surface area contributed by atoms with Gasteiger partial charge in [0.05, 0.1) is 4.92 Å². The van der Waals surface area contributed by atoms with Gasteiger partial charge in [-0.05, 0) is 43.2 Å². The number of nitrogens with zero attached hydrogens (tertiary/aromatic N) is 2. The van der Waals surface area contributed by atoms with Crippen LogP contribution in [0.25, 0.3) is 0 Å². The van der Waals surface area contributed by atoms with Crippen molar-refractivity contribution in [1.82, 2.24) is 4.90 Å². The average molecular weight is 340 g/mol. The molecule has 1 aromatic rings. The fraction of sp³-hybridized carbons (Fsp3) is 0.562. The summed E-state index contributed by atoms with van der Waals surface area (Å²) in [5.74, 6) is 0.537. The quantitative estimate of drug-likeness (QED) is 0.662. The zero-order valence-corrected chi connectivity index (χ0v) is 13.9. The first-order chi connectivity index (χ1) is 10.5. The summed E-state index contributed by atoms with van der Waals surface area (Å²) in [7, 11) is 0. The number of carbonyl (C=O) groups is 1. The van der Waals surface area contributed by atoms with Gasteiger partial charge in [-0.2, -0.15) is 0 Å². The average Bonchev–Trinajstić information content (AvgIpc) is 2.91. The summed E-state index contributed by atoms with van der Waals surface area (Å²) in [4.78, 5) is 25.2. The van der Waals surface area contributed by atoms with Crippen LogP contribution in [0, 0.1) is 28.9 Å². The van der Waals surface area contributed by atoms with Gasteiger partial charge in [0.1, 0.15) is 5.56 Å². The zero-order valence-electron chi connectivity index (χ0n) is 13.1. The van der Waals surface area contributed by atoms with Crippen molar-refractivity contribution in [3.05, 3.63) is 39.4 Å². The Bertz CT molecular complexity index is 623. The van der Waals surface area contributed by atoms with Crippen molar-refractivity contribution >= 4 is 24.0 Å². The van der Waals surface area contributed by atoms with Gasteiger partial charge in [-0.1, -0.05) is 12.5 Å². The molecular formula is C16H22ClN3O3. The second-order valence-electron chi connectivity index (χ2n) is 6.51. The Balaban J connectivity index is 0.00000192. The maximum atomic E-state index is 12.8. The number of carbonyl (C=O) groups excluding carboxylic acids is 1. The Morgan fingerprint density at radius 3 is 2.74 bits per heavy atom. The first kappa shape index (κ1) is 17.7. The van der Waals surface area contributed by atoms with Gasteiger partial charge in [0.25, 0.3) is 11.6 Å². The highest BCUT2D eigenvalue weighted by atomic mass is 35.5. The normalized spacial score (nSPS) is 26.3. The Hall–Kier alpha value is -1.66. The monoisotopic (exact) mass is 339 g/mol. The number of amides is 1. The number of nitro benzene ring substituents is 1. The predicted octanol–water partition coefficient (Wildman–Crippen LogP) is 2.52. The maximum absolute atomic E-state index is 12.8. The molecule has 0 bridgehead atoms. The van der Waals surface area contributed by atoms with E-state index in [4.69, 9.17) is 5.73 Å². The summed E-state index contributed by atoms with van der Waals surface area (Å²) in [5.41, 5.74) is 7.10. The van der Waals surface area contributed by atoms with Gasteiger partial charge in [-0.25, -0.2) is 0 Å². The highest BCUT2D eigenvalue weighted by molar-refractivity contribution is 5.98. The van der Waals surface area contributed by atoms with Crippen molar-refractivity contribution in [3.63, 3.8) is 0 Å². The van der Waals surface area contributed by atoms with Crippen molar-refractivity contribution in [2.24, 2.45) is 17.6 Å². The van der Waals surface area contributed by atoms with E-state index in [1.165, 1.54) is 6.07 Å². The minimum absolute atomic E-state index is 0. The van der Waals surface area contributed by atoms with E-state index < -0.39 is 4.92 Å². The Morgan fingerprint density at radius 1 is 1.35 bits per heavy atom. The summed E-state index contributed by atoms with van der Waals surface area (Å²) in [6.45, 7) is 3.12. The van der Waals surface area contributed by atoms with E-state index in [0.29, 0.717) is 24.9 Å². The molecule has 23 heavy (non-hydrogen) atoms. The van der Waals surface area contributed by atoms with Gasteiger partial charge < -0.3 is 10.6 Å². The molecule has 1 amide bonds. The summed E-state index contributed by atoms with van der Waals surface area (Å²) in [5, 5.41) is 11.2. The van der Waals surface area contributed by atoms with E-state index in [1.54, 1.807) is 17.0 Å². The van der Waals surface area contributed by atoms with E-state index in [9.17, 15) is 14.9 Å². The number of hydrogen-bond donors (Lipinski definition) is 1. The number of halogens is 1. The molecule has 3 unspecified atom stereocenters. The lowest BCUT2D eigenvalue weighted by Crippen LogP contribution is -2.38. The highest BCUT2D eigenvalue weighted by Crippen LogP contribution is 2.36. The van der Waals surface area contributed by atoms with Crippen molar-refractivity contribution in [3.8, 4) is 0 Å². The van der Waals surface area contributed by atoms with Crippen LogP contribution in [0.15, 0.2) is 18.2 Å². The molecule has 1 saturated heterocycles. The third-order valence-electron chi connectivity index (χ3n) is 5.02. The standard InChI is InChI=1S/C16H21N3O3.ClH/c1-10-5-6-15(19(21)22)12(7-10)16(20)18-8-11-3-2-4-14(17)13(11)9-18;/h5-7,11,13-14H,2-4,8-9,17H2,1H3;1H. The minimum Gasteiger partial charge on any atom is -0.338 e. The SMILES string of the molecule is Cc1ccc([N+](=O)[O-])c(C(=O)N2CC3CCCC(N)C3C2)c1.Cl. The minimum atomic E-state index is -0.485. The number of aryl methyl sites for hydroxylation is 1. The lowest BCUT2D eigenvalue weighted by atomic mass is 9.78. The number of nitrogens with two attached hydrogens (primary N) is 1. The van der Waals surface area contributed by atoms with E-state index >= 15 is 0 Å². The Labute approximate surface area is 141 Å². The molecule has 1 aliphatic heterocycles. The van der Waals surface area contributed by atoms with Crippen LogP contribution in [0.4, 0.5) is 5.69 Å². The molecule has 126 valence electrons. The number of nitro groups is 1. The number of hydrogen-bond acceptors (Lipinski definition) is 4. The summed E-state index contributed by atoms with van der Waals surface area (Å²) in [6, 6.07) is 4.83. The molecule has 3 atom stereocenters. The van der Waals surface area contributed by atoms with Gasteiger partial charge >= 0.3 is 0 Å². The molecule has 2 N–H and O–H groups in total. The number of likely N-dealkylation sites (tertiary alicyclic amines) is 1.